The van der Waals surface area contributed by atoms with Crippen molar-refractivity contribution in [1.82, 2.24) is 9.80 Å². The maximum Gasteiger partial charge on any atom is 0.248 e. The molecule has 0 saturated carbocycles. The van der Waals surface area contributed by atoms with Gasteiger partial charge >= 0.3 is 0 Å². The number of ether oxygens (including phenoxy) is 2. The molecule has 46 heavy (non-hydrogen) atoms. The summed E-state index contributed by atoms with van der Waals surface area (Å²) in [7, 11) is 0. The molecule has 2 unspecified atom stereocenters. The topological polar surface area (TPSA) is 99.6 Å². The first-order chi connectivity index (χ1) is 22.3. The first-order valence-electron chi connectivity index (χ1n) is 17.4. The van der Waals surface area contributed by atoms with Gasteiger partial charge in [0, 0.05) is 38.5 Å². The summed E-state index contributed by atoms with van der Waals surface area (Å²) in [5, 5.41) is 9.26. The molecule has 4 rings (SSSR count). The molecule has 0 aliphatic carbocycles. The van der Waals surface area contributed by atoms with Crippen molar-refractivity contribution in [3.05, 3.63) is 49.6 Å². The second kappa shape index (κ2) is 16.1. The van der Waals surface area contributed by atoms with Gasteiger partial charge in [0.15, 0.2) is 0 Å². The number of fused-ring (bicyclic) bond motifs is 1. The fraction of sp³-hybridized carbons (Fsp3) is 0.649. The second-order valence-electron chi connectivity index (χ2n) is 12.9. The van der Waals surface area contributed by atoms with Crippen molar-refractivity contribution in [2.24, 2.45) is 11.8 Å². The molecule has 3 heterocycles. The minimum absolute atomic E-state index is 0.114. The van der Waals surface area contributed by atoms with E-state index < -0.39 is 29.1 Å². The zero-order chi connectivity index (χ0) is 33.3. The summed E-state index contributed by atoms with van der Waals surface area (Å²) in [5.41, 5.74) is -1.21. The van der Waals surface area contributed by atoms with E-state index in [0.29, 0.717) is 64.0 Å². The van der Waals surface area contributed by atoms with Crippen LogP contribution in [0.15, 0.2) is 49.6 Å². The van der Waals surface area contributed by atoms with E-state index in [-0.39, 0.29) is 30.9 Å². The van der Waals surface area contributed by atoms with Gasteiger partial charge in [0.1, 0.15) is 17.4 Å². The quantitative estimate of drug-likeness (QED) is 0.149. The van der Waals surface area contributed by atoms with Gasteiger partial charge in [-0.25, -0.2) is 0 Å². The first-order valence-corrected chi connectivity index (χ1v) is 17.4. The van der Waals surface area contributed by atoms with E-state index in [9.17, 15) is 19.5 Å². The van der Waals surface area contributed by atoms with Crippen LogP contribution in [0.3, 0.4) is 0 Å². The fourth-order valence-corrected chi connectivity index (χ4v) is 8.04. The van der Waals surface area contributed by atoms with Gasteiger partial charge in [-0.15, -0.1) is 13.2 Å². The van der Waals surface area contributed by atoms with Crippen LogP contribution in [-0.4, -0.2) is 89.3 Å². The van der Waals surface area contributed by atoms with Crippen LogP contribution < -0.4 is 9.64 Å². The molecule has 9 nitrogen and oxygen atoms in total. The van der Waals surface area contributed by atoms with Gasteiger partial charge in [0.25, 0.3) is 0 Å². The molecule has 3 aliphatic rings. The molecule has 9 heteroatoms. The first kappa shape index (κ1) is 35.7. The average Bonchev–Trinajstić information content (AvgIpc) is 3.66. The largest absolute Gasteiger partial charge is 0.494 e. The fourth-order valence-electron chi connectivity index (χ4n) is 8.04. The van der Waals surface area contributed by atoms with E-state index in [0.717, 1.165) is 37.9 Å². The van der Waals surface area contributed by atoms with Crippen LogP contribution in [0, 0.1) is 11.8 Å². The van der Waals surface area contributed by atoms with Crippen molar-refractivity contribution in [3.63, 3.8) is 0 Å². The molecule has 0 aromatic heterocycles. The van der Waals surface area contributed by atoms with Gasteiger partial charge in [-0.3, -0.25) is 14.4 Å². The number of nitrogens with zero attached hydrogens (tertiary/aromatic N) is 3. The molecule has 1 aromatic rings. The Balaban J connectivity index is 1.74. The highest BCUT2D eigenvalue weighted by Crippen LogP contribution is 2.64. The molecule has 5 atom stereocenters. The minimum Gasteiger partial charge on any atom is -0.494 e. The van der Waals surface area contributed by atoms with Crippen LogP contribution in [0.1, 0.15) is 85.0 Å². The smallest absolute Gasteiger partial charge is 0.248 e. The highest BCUT2D eigenvalue weighted by atomic mass is 16.5. The van der Waals surface area contributed by atoms with Gasteiger partial charge in [-0.2, -0.15) is 0 Å². The predicted octanol–water partition coefficient (Wildman–Crippen LogP) is 5.52. The highest BCUT2D eigenvalue weighted by molar-refractivity contribution is 6.03. The van der Waals surface area contributed by atoms with Gasteiger partial charge in [0.2, 0.25) is 17.7 Å². The van der Waals surface area contributed by atoms with Gasteiger partial charge in [0.05, 0.1) is 24.0 Å². The number of carbonyl (C=O) groups is 3. The van der Waals surface area contributed by atoms with Crippen LogP contribution >= 0.6 is 0 Å². The van der Waals surface area contributed by atoms with Crippen LogP contribution in [0.25, 0.3) is 0 Å². The lowest BCUT2D eigenvalue weighted by Gasteiger charge is -2.37. The molecule has 1 aromatic carbocycles. The number of hydrogen-bond donors (Lipinski definition) is 1. The summed E-state index contributed by atoms with van der Waals surface area (Å²) in [4.78, 5) is 49.3. The van der Waals surface area contributed by atoms with Gasteiger partial charge < -0.3 is 29.3 Å². The van der Waals surface area contributed by atoms with Crippen LogP contribution in [0.2, 0.25) is 0 Å². The summed E-state index contributed by atoms with van der Waals surface area (Å²) in [6, 6.07) is 6.61. The van der Waals surface area contributed by atoms with Crippen LogP contribution in [-0.2, 0) is 19.1 Å². The molecular formula is C37H55N3O6. The third-order valence-corrected chi connectivity index (χ3v) is 10.2. The number of anilines is 1. The highest BCUT2D eigenvalue weighted by Gasteiger charge is 2.79. The number of aliphatic hydroxyl groups is 1. The molecule has 1 spiro atoms. The number of likely N-dealkylation sites (tertiary alicyclic amines) is 1. The normalized spacial score (nSPS) is 26.2. The maximum atomic E-state index is 14.8. The summed E-state index contributed by atoms with van der Waals surface area (Å²) in [6.45, 7) is 16.2. The van der Waals surface area contributed by atoms with Crippen LogP contribution in [0.5, 0.6) is 5.75 Å². The lowest BCUT2D eigenvalue weighted by atomic mass is 9.64. The molecular weight excluding hydrogens is 582 g/mol. The Morgan fingerprint density at radius 3 is 2.35 bits per heavy atom. The van der Waals surface area contributed by atoms with Crippen molar-refractivity contribution in [1.29, 1.82) is 0 Å². The van der Waals surface area contributed by atoms with E-state index in [2.05, 4.69) is 20.1 Å². The molecule has 1 N–H and O–H groups in total. The van der Waals surface area contributed by atoms with Gasteiger partial charge in [-0.1, -0.05) is 51.7 Å². The lowest BCUT2D eigenvalue weighted by molar-refractivity contribution is -0.152. The van der Waals surface area contributed by atoms with E-state index in [4.69, 9.17) is 9.47 Å². The summed E-state index contributed by atoms with van der Waals surface area (Å²) in [6.07, 6.45) is 11.2. The standard InChI is InChI=1S/C37H55N3O6/c1-6-11-14-25-38(23-7-2)35(44)32-37-22-21-36(9-4,46-37)30(31(37)34(43)40(32)26-15-12-13-16-27-41)33(42)39(24-8-3)28-17-19-29(20-18-28)45-10-5/h7-8,17-20,30-32,41H,2-3,6,9-16,21-27H2,1,4-5H3/t30-,31+,32?,36+,37?/m1/s1. The maximum absolute atomic E-state index is 14.8. The molecule has 0 radical (unpaired) electrons. The molecule has 254 valence electrons. The lowest BCUT2D eigenvalue weighted by Crippen LogP contribution is -2.56. The average molecular weight is 638 g/mol. The Hall–Kier alpha value is -3.17. The van der Waals surface area contributed by atoms with Crippen molar-refractivity contribution in [2.45, 2.75) is 102 Å². The Morgan fingerprint density at radius 2 is 1.72 bits per heavy atom. The zero-order valence-electron chi connectivity index (χ0n) is 28.3. The van der Waals surface area contributed by atoms with Gasteiger partial charge in [-0.05, 0) is 69.7 Å². The number of aliphatic hydroxyl groups excluding tert-OH is 1. The number of hydrogen-bond acceptors (Lipinski definition) is 6. The number of unbranched alkanes of at least 4 members (excludes halogenated alkanes) is 5. The monoisotopic (exact) mass is 637 g/mol. The van der Waals surface area contributed by atoms with E-state index in [1.807, 2.05) is 43.0 Å². The van der Waals surface area contributed by atoms with Crippen LogP contribution in [0.4, 0.5) is 5.69 Å². The van der Waals surface area contributed by atoms with E-state index in [1.54, 1.807) is 22.0 Å². The van der Waals surface area contributed by atoms with E-state index in [1.165, 1.54) is 0 Å². The Morgan fingerprint density at radius 1 is 1.00 bits per heavy atom. The minimum atomic E-state index is -1.07. The zero-order valence-corrected chi connectivity index (χ0v) is 28.3. The molecule has 3 fully saturated rings. The summed E-state index contributed by atoms with van der Waals surface area (Å²) >= 11 is 0. The van der Waals surface area contributed by atoms with Crippen molar-refractivity contribution in [2.75, 3.05) is 44.3 Å². The molecule has 3 amide bonds. The summed E-state index contributed by atoms with van der Waals surface area (Å²) < 4.78 is 12.7. The Bertz CT molecular complexity index is 1220. The summed E-state index contributed by atoms with van der Waals surface area (Å²) in [5.74, 6) is -1.21. The predicted molar refractivity (Wildman–Crippen MR) is 181 cm³/mol. The molecule has 3 saturated heterocycles. The Kier molecular flexibility index (Phi) is 12.5. The van der Waals surface area contributed by atoms with Crippen molar-refractivity contribution >= 4 is 23.4 Å². The SMILES string of the molecule is C=CCN(CCCCC)C(=O)C1N(CCCCCCO)C(=O)[C@@H]2[C@H](C(=O)N(CC=C)c3ccc(OCC)cc3)[C@]3(CC)CCC12O3. The third-order valence-electron chi connectivity index (χ3n) is 10.2. The molecule has 2 bridgehead atoms. The van der Waals surface area contributed by atoms with Crippen molar-refractivity contribution in [3.8, 4) is 5.75 Å². The third kappa shape index (κ3) is 6.77. The number of rotatable bonds is 20. The number of amides is 3. The van der Waals surface area contributed by atoms with E-state index >= 15 is 0 Å². The Labute approximate surface area is 275 Å². The second-order valence-corrected chi connectivity index (χ2v) is 12.9. The number of carbonyl (C=O) groups excluding carboxylic acids is 3. The molecule has 3 aliphatic heterocycles. The van der Waals surface area contributed by atoms with Crippen molar-refractivity contribution < 1.29 is 29.0 Å². The number of benzene rings is 1.